The van der Waals surface area contributed by atoms with Crippen molar-refractivity contribution in [3.8, 4) is 39.3 Å². The zero-order valence-corrected chi connectivity index (χ0v) is 23.6. The van der Waals surface area contributed by atoms with E-state index in [-0.39, 0.29) is 49.7 Å². The molecule has 1 heterocycles. The number of hydrogen-bond donors (Lipinski definition) is 0. The van der Waals surface area contributed by atoms with Gasteiger partial charge < -0.3 is 0 Å². The lowest BCUT2D eigenvalue weighted by atomic mass is 9.84. The third-order valence-corrected chi connectivity index (χ3v) is 8.12. The highest BCUT2D eigenvalue weighted by Crippen LogP contribution is 2.46. The van der Waals surface area contributed by atoms with Crippen LogP contribution in [0.5, 0.6) is 0 Å². The summed E-state index contributed by atoms with van der Waals surface area (Å²) < 4.78 is 118. The van der Waals surface area contributed by atoms with E-state index in [2.05, 4.69) is 0 Å². The van der Waals surface area contributed by atoms with E-state index in [9.17, 15) is 5.48 Å². The van der Waals surface area contributed by atoms with Gasteiger partial charge in [-0.05, 0) is 84.9 Å². The zero-order valence-electron chi connectivity index (χ0n) is 36.6. The molecule has 1 aromatic heterocycles. The summed E-state index contributed by atoms with van der Waals surface area (Å²) in [6.07, 6.45) is 0. The lowest BCUT2D eigenvalue weighted by molar-refractivity contribution is 1.10. The maximum atomic E-state index is 9.45. The van der Waals surface area contributed by atoms with Crippen LogP contribution in [0.15, 0.2) is 170 Å². The van der Waals surface area contributed by atoms with Gasteiger partial charge in [-0.3, -0.25) is 4.57 Å². The second-order valence-electron chi connectivity index (χ2n) is 10.6. The number of fused-ring (bicyclic) bond motifs is 4. The summed E-state index contributed by atoms with van der Waals surface area (Å²) in [5.41, 5.74) is 2.00. The van der Waals surface area contributed by atoms with Crippen molar-refractivity contribution in [1.29, 1.82) is 0 Å². The van der Waals surface area contributed by atoms with Crippen LogP contribution in [0.1, 0.15) is 17.8 Å². The first-order valence-corrected chi connectivity index (χ1v) is 14.3. The normalized spacial score (nSPS) is 15.6. The minimum absolute atomic E-state index is 0.00427. The number of hydrogen-bond acceptors (Lipinski definition) is 1. The minimum Gasteiger partial charge on any atom is -0.292 e. The molecule has 0 saturated heterocycles. The van der Waals surface area contributed by atoms with Gasteiger partial charge in [0, 0.05) is 11.3 Å². The molecule has 0 bridgehead atoms. The molecule has 2 heteroatoms. The van der Waals surface area contributed by atoms with Crippen molar-refractivity contribution in [3.05, 3.63) is 170 Å². The molecule has 45 heavy (non-hydrogen) atoms. The number of para-hydroxylation sites is 3. The summed E-state index contributed by atoms with van der Waals surface area (Å²) >= 11 is 0. The van der Waals surface area contributed by atoms with E-state index in [1.54, 1.807) is 54.6 Å². The maximum absolute atomic E-state index is 9.45. The number of benzene rings is 8. The molecule has 8 aromatic carbocycles. The maximum Gasteiger partial charge on any atom is 0.146 e. The molecule has 210 valence electrons. The molecule has 0 unspecified atom stereocenters. The molecule has 9 rings (SSSR count). The number of aromatic nitrogens is 2. The summed E-state index contributed by atoms with van der Waals surface area (Å²) in [6, 6.07) is 20.2. The van der Waals surface area contributed by atoms with Gasteiger partial charge in [-0.2, -0.15) is 0 Å². The fraction of sp³-hybridized carbons (Fsp3) is 0. The Balaban J connectivity index is 1.52. The third kappa shape index (κ3) is 4.07. The summed E-state index contributed by atoms with van der Waals surface area (Å²) in [5, 5.41) is 1.81. The van der Waals surface area contributed by atoms with Gasteiger partial charge in [0.15, 0.2) is 0 Å². The Hall–Kier alpha value is -5.99. The molecule has 9 aromatic rings. The van der Waals surface area contributed by atoms with Crippen LogP contribution >= 0.6 is 0 Å². The average molecular weight is 586 g/mol. The van der Waals surface area contributed by atoms with E-state index in [4.69, 9.17) is 17.3 Å². The van der Waals surface area contributed by atoms with Crippen LogP contribution in [0.25, 0.3) is 82.7 Å². The summed E-state index contributed by atoms with van der Waals surface area (Å²) in [6.45, 7) is 0. The molecular formula is C43H28N2. The van der Waals surface area contributed by atoms with E-state index in [1.807, 2.05) is 36.4 Å². The SMILES string of the molecule is [2H]c1c([2H])c([2H])c(-n2c(-c3ccccc3-c3c4c([2H])c([2H])c([2H])c([2H])c4c(-c4ccc5ccccc5c4)c4c([2H])c([2H])c([2H])c([2H])c34)nc3ccccc32)c([2H])c1[2H]. The van der Waals surface area contributed by atoms with Crippen molar-refractivity contribution < 1.29 is 17.8 Å². The van der Waals surface area contributed by atoms with Gasteiger partial charge in [0.2, 0.25) is 0 Å². The largest absolute Gasteiger partial charge is 0.292 e. The predicted octanol–water partition coefficient (Wildman–Crippen LogP) is 11.5. The van der Waals surface area contributed by atoms with Gasteiger partial charge in [-0.25, -0.2) is 4.98 Å². The minimum atomic E-state index is -0.571. The van der Waals surface area contributed by atoms with Crippen LogP contribution in [-0.2, 0) is 0 Å². The highest BCUT2D eigenvalue weighted by atomic mass is 15.1. The predicted molar refractivity (Wildman–Crippen MR) is 190 cm³/mol. The van der Waals surface area contributed by atoms with E-state index < -0.39 is 78.6 Å². The van der Waals surface area contributed by atoms with Crippen LogP contribution in [0, 0.1) is 0 Å². The van der Waals surface area contributed by atoms with Crippen molar-refractivity contribution in [3.63, 3.8) is 0 Å². The smallest absolute Gasteiger partial charge is 0.146 e. The third-order valence-electron chi connectivity index (χ3n) is 8.12. The highest BCUT2D eigenvalue weighted by Gasteiger charge is 2.22. The number of nitrogens with zero attached hydrogens (tertiary/aromatic N) is 2. The molecule has 0 N–H and O–H groups in total. The highest BCUT2D eigenvalue weighted by molar-refractivity contribution is 6.22. The van der Waals surface area contributed by atoms with Crippen LogP contribution in [0.3, 0.4) is 0 Å². The molecule has 0 saturated carbocycles. The molecule has 0 radical (unpaired) electrons. The molecular weight excluding hydrogens is 544 g/mol. The van der Waals surface area contributed by atoms with Crippen molar-refractivity contribution in [2.75, 3.05) is 0 Å². The molecule has 0 aliphatic heterocycles. The Morgan fingerprint density at radius 1 is 0.489 bits per heavy atom. The van der Waals surface area contributed by atoms with Gasteiger partial charge in [-0.15, -0.1) is 0 Å². The first-order chi connectivity index (χ1) is 27.7. The molecule has 0 fully saturated rings. The Morgan fingerprint density at radius 2 is 1.07 bits per heavy atom. The van der Waals surface area contributed by atoms with Gasteiger partial charge in [0.25, 0.3) is 0 Å². The molecule has 0 aliphatic carbocycles. The van der Waals surface area contributed by atoms with E-state index in [1.165, 1.54) is 4.57 Å². The first kappa shape index (κ1) is 15.7. The Bertz CT molecular complexity index is 3170. The van der Waals surface area contributed by atoms with E-state index >= 15 is 0 Å². The lowest BCUT2D eigenvalue weighted by Gasteiger charge is -2.20. The zero-order chi connectivity index (χ0) is 41.1. The van der Waals surface area contributed by atoms with Gasteiger partial charge in [-0.1, -0.05) is 139 Å². The fourth-order valence-electron chi connectivity index (χ4n) is 6.21. The van der Waals surface area contributed by atoms with Crippen molar-refractivity contribution in [1.82, 2.24) is 9.55 Å². The second kappa shape index (κ2) is 10.3. The summed E-state index contributed by atoms with van der Waals surface area (Å²) in [5.74, 6) is 0.122. The molecule has 0 atom stereocenters. The summed E-state index contributed by atoms with van der Waals surface area (Å²) in [7, 11) is 0. The average Bonchev–Trinajstić information content (AvgIpc) is 3.62. The lowest BCUT2D eigenvalue weighted by Crippen LogP contribution is -1.99. The molecule has 2 nitrogen and oxygen atoms in total. The van der Waals surface area contributed by atoms with E-state index in [0.717, 1.165) is 10.8 Å². The van der Waals surface area contributed by atoms with Crippen LogP contribution in [0.4, 0.5) is 0 Å². The van der Waals surface area contributed by atoms with Gasteiger partial charge in [0.1, 0.15) is 5.82 Å². The second-order valence-corrected chi connectivity index (χ2v) is 10.6. The fourth-order valence-corrected chi connectivity index (χ4v) is 6.21. The number of imidazole rings is 1. The van der Waals surface area contributed by atoms with Crippen molar-refractivity contribution >= 4 is 43.4 Å². The van der Waals surface area contributed by atoms with Crippen molar-refractivity contribution in [2.24, 2.45) is 0 Å². The Labute approximate surface area is 279 Å². The Kier molecular flexibility index (Phi) is 3.59. The molecule has 0 spiro atoms. The monoisotopic (exact) mass is 585 g/mol. The molecule has 0 amide bonds. The van der Waals surface area contributed by atoms with Crippen LogP contribution in [0.2, 0.25) is 0 Å². The molecule has 0 aliphatic rings. The number of rotatable bonds is 4. The standard InChI is InChI=1S/C43H28N2/c1-2-16-32(17-3-1)45-40-25-13-12-24-39(40)44-43(45)38-23-11-10-22-37(38)42-35-20-8-6-18-33(35)41(34-19-7-9-21-36(34)42)31-27-26-29-14-4-5-15-30(29)28-31/h1-28H/i1D,2D,3D,6D,7D,8D,9D,16D,17D,18D,19D,20D,21D. The quantitative estimate of drug-likeness (QED) is 0.188. The van der Waals surface area contributed by atoms with Crippen LogP contribution < -0.4 is 0 Å². The van der Waals surface area contributed by atoms with Gasteiger partial charge >= 0.3 is 0 Å². The van der Waals surface area contributed by atoms with Gasteiger partial charge in [0.05, 0.1) is 28.9 Å². The van der Waals surface area contributed by atoms with Crippen molar-refractivity contribution in [2.45, 2.75) is 0 Å². The van der Waals surface area contributed by atoms with Crippen LogP contribution in [-0.4, -0.2) is 9.55 Å². The first-order valence-electron chi connectivity index (χ1n) is 20.8. The Morgan fingerprint density at radius 3 is 1.80 bits per heavy atom. The summed E-state index contributed by atoms with van der Waals surface area (Å²) in [4.78, 5) is 4.93. The topological polar surface area (TPSA) is 17.8 Å². The van der Waals surface area contributed by atoms with E-state index in [0.29, 0.717) is 22.2 Å².